The molecule has 1 heterocycles. The van der Waals surface area contributed by atoms with Crippen LogP contribution in [-0.4, -0.2) is 31.1 Å². The van der Waals surface area contributed by atoms with Crippen molar-refractivity contribution in [3.63, 3.8) is 0 Å². The van der Waals surface area contributed by atoms with Gasteiger partial charge in [0.05, 0.1) is 21.6 Å². The minimum atomic E-state index is -4.18. The Balaban J connectivity index is 1.63. The summed E-state index contributed by atoms with van der Waals surface area (Å²) in [5.41, 5.74) is 0.978. The molecule has 0 bridgehead atoms. The van der Waals surface area contributed by atoms with Crippen LogP contribution in [-0.2, 0) is 21.5 Å². The molecule has 0 aromatic heterocycles. The molecule has 0 radical (unpaired) electrons. The first-order valence-corrected chi connectivity index (χ1v) is 15.3. The monoisotopic (exact) mass is 723 g/mol. The number of amides is 2. The smallest absolute Gasteiger partial charge is 0.339 e. The maximum Gasteiger partial charge on any atom is 0.339 e. The molecule has 3 aromatic rings. The van der Waals surface area contributed by atoms with Gasteiger partial charge in [-0.3, -0.25) is 14.5 Å². The molecule has 0 aliphatic carbocycles. The molecule has 1 aliphatic rings. The molecular formula is C25H17Cl3INO6S2. The molecule has 0 unspecified atom stereocenters. The average molecular weight is 725 g/mol. The molecular weight excluding hydrogens is 708 g/mol. The topological polar surface area (TPSA) is 90.0 Å². The van der Waals surface area contributed by atoms with E-state index in [1.165, 1.54) is 36.4 Å². The summed E-state index contributed by atoms with van der Waals surface area (Å²) in [5, 5.41) is 0.615. The minimum absolute atomic E-state index is 0.000941. The Bertz CT molecular complexity index is 1540. The fourth-order valence-electron chi connectivity index (χ4n) is 3.40. The van der Waals surface area contributed by atoms with Crippen LogP contribution in [0.5, 0.6) is 11.5 Å². The standard InChI is InChI=1S/C25H17Cl3INO6S2/c1-2-35-21-11-14(10-20(29)23(21)36-38(33,34)16-8-6-15(26)7-9-16)12-22-24(31)30(25(32)37-22)13-17-18(27)4-3-5-19(17)28/h3-12H,2,13H2,1H3/b22-12-. The van der Waals surface area contributed by atoms with Gasteiger partial charge in [0.2, 0.25) is 0 Å². The molecule has 3 aromatic carbocycles. The van der Waals surface area contributed by atoms with E-state index >= 15 is 0 Å². The molecule has 0 atom stereocenters. The zero-order valence-electron chi connectivity index (χ0n) is 19.4. The Kier molecular flexibility index (Phi) is 9.21. The Morgan fingerprint density at radius 2 is 1.68 bits per heavy atom. The molecule has 0 spiro atoms. The molecule has 1 fully saturated rings. The molecule has 198 valence electrons. The largest absolute Gasteiger partial charge is 0.490 e. The molecule has 38 heavy (non-hydrogen) atoms. The SMILES string of the molecule is CCOc1cc(/C=C2\SC(=O)N(Cc3c(Cl)cccc3Cl)C2=O)cc(I)c1OS(=O)(=O)c1ccc(Cl)cc1. The molecule has 0 N–H and O–H groups in total. The van der Waals surface area contributed by atoms with Crippen molar-refractivity contribution in [3.8, 4) is 11.5 Å². The van der Waals surface area contributed by atoms with E-state index in [1.807, 2.05) is 22.6 Å². The van der Waals surface area contributed by atoms with Crippen molar-refractivity contribution < 1.29 is 26.9 Å². The van der Waals surface area contributed by atoms with Gasteiger partial charge >= 0.3 is 10.1 Å². The van der Waals surface area contributed by atoms with E-state index in [-0.39, 0.29) is 34.5 Å². The highest BCUT2D eigenvalue weighted by Gasteiger charge is 2.36. The predicted octanol–water partition coefficient (Wildman–Crippen LogP) is 7.65. The zero-order chi connectivity index (χ0) is 27.6. The van der Waals surface area contributed by atoms with Gasteiger partial charge in [0.15, 0.2) is 11.5 Å². The first-order chi connectivity index (χ1) is 18.0. The lowest BCUT2D eigenvalue weighted by atomic mass is 10.1. The van der Waals surface area contributed by atoms with Gasteiger partial charge in [0.1, 0.15) is 4.90 Å². The van der Waals surface area contributed by atoms with Gasteiger partial charge in [-0.2, -0.15) is 8.42 Å². The quantitative estimate of drug-likeness (QED) is 0.134. The van der Waals surface area contributed by atoms with E-state index in [1.54, 1.807) is 31.2 Å². The molecule has 0 saturated carbocycles. The summed E-state index contributed by atoms with van der Waals surface area (Å²) in [6.07, 6.45) is 1.53. The van der Waals surface area contributed by atoms with E-state index in [9.17, 15) is 18.0 Å². The predicted molar refractivity (Wildman–Crippen MR) is 158 cm³/mol. The van der Waals surface area contributed by atoms with Crippen LogP contribution in [0.25, 0.3) is 6.08 Å². The Labute approximate surface area is 252 Å². The molecule has 1 saturated heterocycles. The second kappa shape index (κ2) is 12.1. The third-order valence-corrected chi connectivity index (χ3v) is 9.08. The highest BCUT2D eigenvalue weighted by atomic mass is 127. The third-order valence-electron chi connectivity index (χ3n) is 5.18. The molecule has 1 aliphatic heterocycles. The molecule has 13 heteroatoms. The number of rotatable bonds is 8. The number of carbonyl (C=O) groups is 2. The van der Waals surface area contributed by atoms with Crippen molar-refractivity contribution in [2.24, 2.45) is 0 Å². The Morgan fingerprint density at radius 1 is 1.03 bits per heavy atom. The van der Waals surface area contributed by atoms with Crippen LogP contribution in [0.15, 0.2) is 64.4 Å². The first-order valence-electron chi connectivity index (χ1n) is 10.8. The normalized spacial score (nSPS) is 14.9. The van der Waals surface area contributed by atoms with Crippen molar-refractivity contribution in [2.45, 2.75) is 18.4 Å². The van der Waals surface area contributed by atoms with E-state index in [4.69, 9.17) is 43.7 Å². The van der Waals surface area contributed by atoms with Crippen molar-refractivity contribution in [3.05, 3.63) is 89.3 Å². The van der Waals surface area contributed by atoms with E-state index in [0.29, 0.717) is 29.8 Å². The van der Waals surface area contributed by atoms with Crippen molar-refractivity contribution >= 4 is 96.5 Å². The Morgan fingerprint density at radius 3 is 2.32 bits per heavy atom. The fraction of sp³-hybridized carbons (Fsp3) is 0.120. The van der Waals surface area contributed by atoms with Crippen molar-refractivity contribution in [1.29, 1.82) is 0 Å². The number of halogens is 4. The maximum absolute atomic E-state index is 13.1. The van der Waals surface area contributed by atoms with Crippen molar-refractivity contribution in [2.75, 3.05) is 6.61 Å². The van der Waals surface area contributed by atoms with Crippen LogP contribution in [0, 0.1) is 3.57 Å². The highest BCUT2D eigenvalue weighted by Crippen LogP contribution is 2.39. The number of imide groups is 1. The van der Waals surface area contributed by atoms with Crippen LogP contribution in [0.3, 0.4) is 0 Å². The van der Waals surface area contributed by atoms with Gasteiger partial charge in [-0.1, -0.05) is 40.9 Å². The van der Waals surface area contributed by atoms with Gasteiger partial charge in [0, 0.05) is 20.6 Å². The minimum Gasteiger partial charge on any atom is -0.490 e. The molecule has 4 rings (SSSR count). The van der Waals surface area contributed by atoms with E-state index in [2.05, 4.69) is 0 Å². The number of carbonyl (C=O) groups excluding carboxylic acids is 2. The van der Waals surface area contributed by atoms with Crippen LogP contribution in [0.2, 0.25) is 15.1 Å². The van der Waals surface area contributed by atoms with Crippen molar-refractivity contribution in [1.82, 2.24) is 4.90 Å². The summed E-state index contributed by atoms with van der Waals surface area (Å²) in [5.74, 6) is -0.346. The van der Waals surface area contributed by atoms with Crippen LogP contribution >= 0.6 is 69.2 Å². The summed E-state index contributed by atoms with van der Waals surface area (Å²) >= 11 is 21.0. The molecule has 7 nitrogen and oxygen atoms in total. The second-order valence-corrected chi connectivity index (χ2v) is 12.7. The number of hydrogen-bond donors (Lipinski definition) is 0. The lowest BCUT2D eigenvalue weighted by Crippen LogP contribution is -2.27. The van der Waals surface area contributed by atoms with Crippen LogP contribution < -0.4 is 8.92 Å². The summed E-state index contributed by atoms with van der Waals surface area (Å²) in [6.45, 7) is 1.89. The first kappa shape index (κ1) is 29.0. The summed E-state index contributed by atoms with van der Waals surface area (Å²) in [7, 11) is -4.18. The second-order valence-electron chi connectivity index (χ2n) is 7.72. The van der Waals surface area contributed by atoms with E-state index in [0.717, 1.165) is 16.7 Å². The summed E-state index contributed by atoms with van der Waals surface area (Å²) in [6, 6.07) is 13.7. The van der Waals surface area contributed by atoms with Gasteiger partial charge in [-0.25, -0.2) is 0 Å². The Hall–Kier alpha value is -1.96. The number of ether oxygens (including phenoxy) is 1. The number of nitrogens with zero attached hydrogens (tertiary/aromatic N) is 1. The maximum atomic E-state index is 13.1. The lowest BCUT2D eigenvalue weighted by molar-refractivity contribution is -0.123. The summed E-state index contributed by atoms with van der Waals surface area (Å²) in [4.78, 5) is 26.9. The number of thioether (sulfide) groups is 1. The third kappa shape index (κ3) is 6.43. The fourth-order valence-corrected chi connectivity index (χ4v) is 6.73. The van der Waals surface area contributed by atoms with Gasteiger partial charge in [0.25, 0.3) is 11.1 Å². The van der Waals surface area contributed by atoms with Gasteiger partial charge in [-0.15, -0.1) is 0 Å². The highest BCUT2D eigenvalue weighted by molar-refractivity contribution is 14.1. The summed E-state index contributed by atoms with van der Waals surface area (Å²) < 4.78 is 37.2. The lowest BCUT2D eigenvalue weighted by Gasteiger charge is -2.15. The van der Waals surface area contributed by atoms with Crippen LogP contribution in [0.1, 0.15) is 18.1 Å². The van der Waals surface area contributed by atoms with Gasteiger partial charge < -0.3 is 8.92 Å². The molecule has 2 amide bonds. The van der Waals surface area contributed by atoms with E-state index < -0.39 is 21.3 Å². The van der Waals surface area contributed by atoms with Gasteiger partial charge in [-0.05, 0) is 101 Å². The average Bonchev–Trinajstić information content (AvgIpc) is 3.11. The number of hydrogen-bond acceptors (Lipinski definition) is 7. The zero-order valence-corrected chi connectivity index (χ0v) is 25.5. The van der Waals surface area contributed by atoms with Crippen LogP contribution in [0.4, 0.5) is 4.79 Å². The number of benzene rings is 3.